The smallest absolute Gasteiger partial charge is 0.338 e. The van der Waals surface area contributed by atoms with E-state index in [1.165, 1.54) is 0 Å². The number of anilines is 1. The third-order valence-corrected chi connectivity index (χ3v) is 4.64. The van der Waals surface area contributed by atoms with Gasteiger partial charge in [0.05, 0.1) is 35.1 Å². The normalized spacial score (nSPS) is 10.9. The highest BCUT2D eigenvalue weighted by atomic mass is 16.5. The number of pyridine rings is 1. The van der Waals surface area contributed by atoms with E-state index in [0.29, 0.717) is 51.6 Å². The molecule has 0 radical (unpaired) electrons. The van der Waals surface area contributed by atoms with Crippen molar-refractivity contribution in [2.45, 2.75) is 13.8 Å². The molecule has 0 atom stereocenters. The number of esters is 1. The molecule has 1 amide bonds. The molecule has 0 saturated heterocycles. The van der Waals surface area contributed by atoms with Crippen LogP contribution in [-0.2, 0) is 11.8 Å². The highest BCUT2D eigenvalue weighted by Gasteiger charge is 2.20. The van der Waals surface area contributed by atoms with Gasteiger partial charge in [-0.25, -0.2) is 9.78 Å². The molecule has 4 rings (SSSR count). The van der Waals surface area contributed by atoms with E-state index in [9.17, 15) is 9.59 Å². The number of aryl methyl sites for hydroxylation is 2. The number of benzene rings is 1. The van der Waals surface area contributed by atoms with Crippen LogP contribution >= 0.6 is 0 Å². The summed E-state index contributed by atoms with van der Waals surface area (Å²) < 4.78 is 12.1. The standard InChI is InChI=1S/C22H20N4O4/c1-4-29-22(28)14-7-9-15(10-8-14)23-21(27)16-12-17(18-6-5-11-30-18)24-20-19(16)13(2)25-26(20)3/h5-12H,4H2,1-3H3,(H,23,27). The Morgan fingerprint density at radius 3 is 2.63 bits per heavy atom. The molecule has 0 spiro atoms. The first-order valence-electron chi connectivity index (χ1n) is 9.44. The summed E-state index contributed by atoms with van der Waals surface area (Å²) in [7, 11) is 1.78. The number of nitrogens with zero attached hydrogens (tertiary/aromatic N) is 3. The van der Waals surface area contributed by atoms with E-state index >= 15 is 0 Å². The van der Waals surface area contributed by atoms with Crippen molar-refractivity contribution >= 4 is 28.6 Å². The molecular weight excluding hydrogens is 384 g/mol. The number of fused-ring (bicyclic) bond motifs is 1. The van der Waals surface area contributed by atoms with Crippen LogP contribution in [0.3, 0.4) is 0 Å². The summed E-state index contributed by atoms with van der Waals surface area (Å²) in [5.41, 5.74) is 3.24. The topological polar surface area (TPSA) is 99.2 Å². The molecule has 4 aromatic rings. The molecule has 1 aromatic carbocycles. The van der Waals surface area contributed by atoms with Crippen molar-refractivity contribution in [1.29, 1.82) is 0 Å². The summed E-state index contributed by atoms with van der Waals surface area (Å²) in [6.07, 6.45) is 1.56. The van der Waals surface area contributed by atoms with Crippen molar-refractivity contribution in [3.63, 3.8) is 0 Å². The highest BCUT2D eigenvalue weighted by Crippen LogP contribution is 2.27. The number of carbonyl (C=O) groups is 2. The van der Waals surface area contributed by atoms with Crippen LogP contribution in [0, 0.1) is 6.92 Å². The van der Waals surface area contributed by atoms with Crippen molar-refractivity contribution in [3.8, 4) is 11.5 Å². The van der Waals surface area contributed by atoms with Crippen LogP contribution in [-0.4, -0.2) is 33.2 Å². The number of hydrogen-bond acceptors (Lipinski definition) is 6. The fourth-order valence-corrected chi connectivity index (χ4v) is 3.28. The lowest BCUT2D eigenvalue weighted by molar-refractivity contribution is 0.0526. The van der Waals surface area contributed by atoms with E-state index in [0.717, 1.165) is 0 Å². The summed E-state index contributed by atoms with van der Waals surface area (Å²) in [4.78, 5) is 29.5. The van der Waals surface area contributed by atoms with Crippen molar-refractivity contribution < 1.29 is 18.7 Å². The van der Waals surface area contributed by atoms with E-state index in [1.807, 2.05) is 6.92 Å². The molecule has 0 saturated carbocycles. The fraction of sp³-hybridized carbons (Fsp3) is 0.182. The van der Waals surface area contributed by atoms with Crippen molar-refractivity contribution in [1.82, 2.24) is 14.8 Å². The molecule has 3 aromatic heterocycles. The molecule has 3 heterocycles. The second-order valence-corrected chi connectivity index (χ2v) is 6.69. The van der Waals surface area contributed by atoms with Crippen molar-refractivity contribution in [3.05, 3.63) is 65.5 Å². The lowest BCUT2D eigenvalue weighted by Gasteiger charge is -2.09. The SMILES string of the molecule is CCOC(=O)c1ccc(NC(=O)c2cc(-c3ccco3)nc3c2c(C)nn3C)cc1. The van der Waals surface area contributed by atoms with E-state index in [4.69, 9.17) is 9.15 Å². The maximum atomic E-state index is 13.1. The minimum Gasteiger partial charge on any atom is -0.463 e. The largest absolute Gasteiger partial charge is 0.463 e. The minimum atomic E-state index is -0.403. The molecule has 0 unspecified atom stereocenters. The summed E-state index contributed by atoms with van der Waals surface area (Å²) in [6.45, 7) is 3.89. The third kappa shape index (κ3) is 3.55. The molecule has 0 aliphatic heterocycles. The van der Waals surface area contributed by atoms with E-state index in [-0.39, 0.29) is 5.91 Å². The predicted octanol–water partition coefficient (Wildman–Crippen LogP) is 3.97. The van der Waals surface area contributed by atoms with Gasteiger partial charge in [-0.3, -0.25) is 9.48 Å². The zero-order valence-electron chi connectivity index (χ0n) is 16.8. The average Bonchev–Trinajstić information content (AvgIpc) is 3.37. The number of furan rings is 1. The first kappa shape index (κ1) is 19.4. The number of ether oxygens (including phenoxy) is 1. The zero-order chi connectivity index (χ0) is 21.3. The lowest BCUT2D eigenvalue weighted by atomic mass is 10.1. The van der Waals surface area contributed by atoms with E-state index in [2.05, 4.69) is 15.4 Å². The second kappa shape index (κ2) is 7.82. The van der Waals surface area contributed by atoms with Gasteiger partial charge in [0.2, 0.25) is 0 Å². The van der Waals surface area contributed by atoms with Crippen molar-refractivity contribution in [2.24, 2.45) is 7.05 Å². The molecule has 0 aliphatic rings. The van der Waals surface area contributed by atoms with Gasteiger partial charge in [0.25, 0.3) is 5.91 Å². The van der Waals surface area contributed by atoms with Crippen LogP contribution in [0.1, 0.15) is 33.3 Å². The maximum Gasteiger partial charge on any atom is 0.338 e. The molecular formula is C22H20N4O4. The molecule has 152 valence electrons. The van der Waals surface area contributed by atoms with Gasteiger partial charge in [-0.1, -0.05) is 0 Å². The first-order chi connectivity index (χ1) is 14.5. The second-order valence-electron chi connectivity index (χ2n) is 6.69. The van der Waals surface area contributed by atoms with Gasteiger partial charge in [0, 0.05) is 12.7 Å². The number of carbonyl (C=O) groups excluding carboxylic acids is 2. The summed E-state index contributed by atoms with van der Waals surface area (Å²) in [6, 6.07) is 11.8. The minimum absolute atomic E-state index is 0.303. The molecule has 0 aliphatic carbocycles. The number of hydrogen-bond donors (Lipinski definition) is 1. The fourth-order valence-electron chi connectivity index (χ4n) is 3.28. The van der Waals surface area contributed by atoms with Gasteiger partial charge < -0.3 is 14.5 Å². The third-order valence-electron chi connectivity index (χ3n) is 4.64. The molecule has 0 fully saturated rings. The van der Waals surface area contributed by atoms with Gasteiger partial charge in [0.15, 0.2) is 11.4 Å². The van der Waals surface area contributed by atoms with Crippen LogP contribution in [0.5, 0.6) is 0 Å². The Morgan fingerprint density at radius 1 is 1.20 bits per heavy atom. The van der Waals surface area contributed by atoms with E-state index < -0.39 is 5.97 Å². The molecule has 0 bridgehead atoms. The quantitative estimate of drug-likeness (QED) is 0.506. The summed E-state index contributed by atoms with van der Waals surface area (Å²) in [5, 5.41) is 7.95. The number of nitrogens with one attached hydrogen (secondary N) is 1. The van der Waals surface area contributed by atoms with E-state index in [1.54, 1.807) is 67.4 Å². The predicted molar refractivity (Wildman–Crippen MR) is 111 cm³/mol. The highest BCUT2D eigenvalue weighted by molar-refractivity contribution is 6.13. The first-order valence-corrected chi connectivity index (χ1v) is 9.44. The van der Waals surface area contributed by atoms with Gasteiger partial charge in [-0.15, -0.1) is 0 Å². The van der Waals surface area contributed by atoms with Crippen molar-refractivity contribution in [2.75, 3.05) is 11.9 Å². The lowest BCUT2D eigenvalue weighted by Crippen LogP contribution is -2.13. The molecule has 1 N–H and O–H groups in total. The molecule has 8 heteroatoms. The van der Waals surface area contributed by atoms with Crippen LogP contribution in [0.2, 0.25) is 0 Å². The van der Waals surface area contributed by atoms with Gasteiger partial charge in [-0.05, 0) is 56.3 Å². The Balaban J connectivity index is 1.70. The Hall–Kier alpha value is -3.94. The van der Waals surface area contributed by atoms with Gasteiger partial charge in [-0.2, -0.15) is 5.10 Å². The monoisotopic (exact) mass is 404 g/mol. The Kier molecular flexibility index (Phi) is 5.05. The number of rotatable bonds is 5. The Bertz CT molecular complexity index is 1220. The average molecular weight is 404 g/mol. The number of aromatic nitrogens is 3. The van der Waals surface area contributed by atoms with Crippen LogP contribution in [0.4, 0.5) is 5.69 Å². The van der Waals surface area contributed by atoms with Gasteiger partial charge >= 0.3 is 5.97 Å². The van der Waals surface area contributed by atoms with Crippen LogP contribution < -0.4 is 5.32 Å². The molecule has 30 heavy (non-hydrogen) atoms. The zero-order valence-corrected chi connectivity index (χ0v) is 16.8. The number of amides is 1. The molecule has 8 nitrogen and oxygen atoms in total. The Labute approximate surface area is 172 Å². The maximum absolute atomic E-state index is 13.1. The van der Waals surface area contributed by atoms with Crippen LogP contribution in [0.15, 0.2) is 53.1 Å². The Morgan fingerprint density at radius 2 is 1.97 bits per heavy atom. The van der Waals surface area contributed by atoms with Crippen LogP contribution in [0.25, 0.3) is 22.5 Å². The summed E-state index contributed by atoms with van der Waals surface area (Å²) >= 11 is 0. The summed E-state index contributed by atoms with van der Waals surface area (Å²) in [5.74, 6) is -0.154. The van der Waals surface area contributed by atoms with Gasteiger partial charge in [0.1, 0.15) is 5.69 Å².